The molecule has 2 saturated heterocycles. The van der Waals surface area contributed by atoms with Crippen molar-refractivity contribution < 1.29 is 23.8 Å². The van der Waals surface area contributed by atoms with Crippen LogP contribution in [0.25, 0.3) is 0 Å². The van der Waals surface area contributed by atoms with Crippen LogP contribution in [0.1, 0.15) is 30.4 Å². The lowest BCUT2D eigenvalue weighted by atomic mass is 9.51. The number of rotatable bonds is 6. The SMILES string of the molecule is COc1cc2c(cc1OC)C1(CCCl)C3CC4C(=CCOC5CC(=O)N2C1C54)CN3C(=O)Cc1ccccc1. The van der Waals surface area contributed by atoms with Gasteiger partial charge in [0.1, 0.15) is 0 Å². The number of methoxy groups -OCH3 is 2. The van der Waals surface area contributed by atoms with E-state index in [1.54, 1.807) is 14.2 Å². The first-order valence-corrected chi connectivity index (χ1v) is 14.3. The van der Waals surface area contributed by atoms with Gasteiger partial charge in [-0.1, -0.05) is 36.4 Å². The van der Waals surface area contributed by atoms with Gasteiger partial charge in [0.25, 0.3) is 0 Å². The van der Waals surface area contributed by atoms with Crippen LogP contribution in [0, 0.1) is 11.8 Å². The third-order valence-corrected chi connectivity index (χ3v) is 10.1. The minimum absolute atomic E-state index is 0.0525. The molecule has 0 radical (unpaired) electrons. The number of nitrogens with zero attached hydrogens (tertiary/aromatic N) is 2. The molecule has 6 unspecified atom stereocenters. The van der Waals surface area contributed by atoms with Gasteiger partial charge in [0.2, 0.25) is 11.8 Å². The molecule has 0 N–H and O–H groups in total. The van der Waals surface area contributed by atoms with Crippen molar-refractivity contribution in [3.63, 3.8) is 0 Å². The maximum Gasteiger partial charge on any atom is 0.229 e. The second kappa shape index (κ2) is 9.27. The van der Waals surface area contributed by atoms with Crippen molar-refractivity contribution in [2.45, 2.75) is 49.3 Å². The van der Waals surface area contributed by atoms with E-state index in [1.165, 1.54) is 5.57 Å². The lowest BCUT2D eigenvalue weighted by Gasteiger charge is -2.62. The van der Waals surface area contributed by atoms with Crippen LogP contribution in [0.5, 0.6) is 11.5 Å². The van der Waals surface area contributed by atoms with E-state index < -0.39 is 5.41 Å². The lowest BCUT2D eigenvalue weighted by Crippen LogP contribution is -2.72. The molecule has 2 amide bonds. The Balaban J connectivity index is 1.44. The zero-order valence-corrected chi connectivity index (χ0v) is 23.0. The Morgan fingerprint density at radius 3 is 2.67 bits per heavy atom. The number of hydrogen-bond acceptors (Lipinski definition) is 5. The smallest absolute Gasteiger partial charge is 0.229 e. The Hall–Kier alpha value is -3.03. The van der Waals surface area contributed by atoms with Crippen LogP contribution in [0.4, 0.5) is 5.69 Å². The van der Waals surface area contributed by atoms with Crippen molar-refractivity contribution in [2.75, 3.05) is 38.2 Å². The highest BCUT2D eigenvalue weighted by Crippen LogP contribution is 2.64. The van der Waals surface area contributed by atoms with E-state index in [4.69, 9.17) is 25.8 Å². The highest BCUT2D eigenvalue weighted by atomic mass is 35.5. The number of amides is 2. The number of carbonyl (C=O) groups excluding carboxylic acids is 2. The standard InChI is InChI=1S/C31H33ClN2O5/c1-37-23-14-21-22(15-24(23)38-2)34-28(36)16-25-29-20-13-26(31(21,9-10-32)30(29)34)33(17-19(20)8-11-39-25)27(35)12-18-6-4-3-5-7-18/h3-8,14-15,20,25-26,29-30H,9-13,16-17H2,1-2H3. The Morgan fingerprint density at radius 1 is 1.15 bits per heavy atom. The van der Waals surface area contributed by atoms with Gasteiger partial charge in [-0.05, 0) is 41.5 Å². The summed E-state index contributed by atoms with van der Waals surface area (Å²) in [6.45, 7) is 1.05. The van der Waals surface area contributed by atoms with Crippen molar-refractivity contribution in [2.24, 2.45) is 11.8 Å². The summed E-state index contributed by atoms with van der Waals surface area (Å²) >= 11 is 6.63. The van der Waals surface area contributed by atoms with Gasteiger partial charge in [-0.25, -0.2) is 0 Å². The number of halogens is 1. The number of alkyl halides is 1. The second-order valence-electron chi connectivity index (χ2n) is 11.4. The van der Waals surface area contributed by atoms with Gasteiger partial charge in [0, 0.05) is 35.9 Å². The summed E-state index contributed by atoms with van der Waals surface area (Å²) in [7, 11) is 3.24. The molecular formula is C31H33ClN2O5. The zero-order chi connectivity index (χ0) is 26.9. The molecule has 0 aromatic heterocycles. The molecule has 2 aromatic rings. The first-order chi connectivity index (χ1) is 19.0. The van der Waals surface area contributed by atoms with Gasteiger partial charge in [0.15, 0.2) is 11.5 Å². The summed E-state index contributed by atoms with van der Waals surface area (Å²) in [4.78, 5) is 32.1. The molecule has 1 aliphatic carbocycles. The Labute approximate surface area is 233 Å². The molecule has 6 atom stereocenters. The van der Waals surface area contributed by atoms with Gasteiger partial charge >= 0.3 is 0 Å². The number of hydrogen-bond donors (Lipinski definition) is 0. The number of ether oxygens (including phenoxy) is 3. The van der Waals surface area contributed by atoms with Crippen molar-refractivity contribution >= 4 is 29.1 Å². The third kappa shape index (κ3) is 3.45. The molecule has 2 bridgehead atoms. The monoisotopic (exact) mass is 548 g/mol. The van der Waals surface area contributed by atoms with E-state index in [1.807, 2.05) is 47.4 Å². The summed E-state index contributed by atoms with van der Waals surface area (Å²) in [5.74, 6) is 2.15. The molecule has 39 heavy (non-hydrogen) atoms. The second-order valence-corrected chi connectivity index (χ2v) is 11.8. The average molecular weight is 549 g/mol. The first-order valence-electron chi connectivity index (χ1n) is 13.8. The maximum absolute atomic E-state index is 14.1. The van der Waals surface area contributed by atoms with Gasteiger partial charge in [-0.15, -0.1) is 11.6 Å². The van der Waals surface area contributed by atoms with E-state index in [2.05, 4.69) is 11.0 Å². The van der Waals surface area contributed by atoms with Crippen LogP contribution in [0.2, 0.25) is 0 Å². The predicted octanol–water partition coefficient (Wildman–Crippen LogP) is 4.10. The van der Waals surface area contributed by atoms with Crippen molar-refractivity contribution in [3.8, 4) is 11.5 Å². The van der Waals surface area contributed by atoms with Crippen LogP contribution in [-0.4, -0.2) is 68.2 Å². The van der Waals surface area contributed by atoms with Gasteiger partial charge in [-0.3, -0.25) is 9.59 Å². The molecule has 0 spiro atoms. The number of benzene rings is 2. The maximum atomic E-state index is 14.1. The first kappa shape index (κ1) is 25.0. The van der Waals surface area contributed by atoms with Crippen molar-refractivity contribution in [1.82, 2.24) is 4.90 Å². The number of piperidine rings is 2. The Kier molecular flexibility index (Phi) is 5.94. The highest BCUT2D eigenvalue weighted by molar-refractivity contribution is 6.18. The Bertz CT molecular complexity index is 1360. The Morgan fingerprint density at radius 2 is 1.92 bits per heavy atom. The number of likely N-dealkylation sites (tertiary alicyclic amines) is 1. The minimum atomic E-state index is -0.544. The molecule has 2 aromatic carbocycles. The van der Waals surface area contributed by atoms with E-state index in [9.17, 15) is 9.59 Å². The van der Waals surface area contributed by atoms with Gasteiger partial charge < -0.3 is 24.0 Å². The summed E-state index contributed by atoms with van der Waals surface area (Å²) in [6, 6.07) is 13.6. The number of carbonyl (C=O) groups is 2. The molecule has 204 valence electrons. The van der Waals surface area contributed by atoms with Crippen molar-refractivity contribution in [3.05, 3.63) is 65.2 Å². The molecule has 7 rings (SSSR count). The fourth-order valence-electron chi connectivity index (χ4n) is 8.49. The van der Waals surface area contributed by atoms with Crippen LogP contribution < -0.4 is 14.4 Å². The molecule has 1 saturated carbocycles. The third-order valence-electron chi connectivity index (χ3n) is 9.93. The summed E-state index contributed by atoms with van der Waals surface area (Å²) < 4.78 is 17.8. The molecule has 4 heterocycles. The molecule has 4 aliphatic heterocycles. The summed E-state index contributed by atoms with van der Waals surface area (Å²) in [5, 5.41) is 0. The minimum Gasteiger partial charge on any atom is -0.493 e. The predicted molar refractivity (Wildman–Crippen MR) is 148 cm³/mol. The molecular weight excluding hydrogens is 516 g/mol. The molecule has 8 heteroatoms. The fourth-order valence-corrected chi connectivity index (χ4v) is 8.80. The largest absolute Gasteiger partial charge is 0.493 e. The number of anilines is 1. The molecule has 7 nitrogen and oxygen atoms in total. The normalized spacial score (nSPS) is 31.8. The average Bonchev–Trinajstić information content (AvgIpc) is 3.10. The number of fused-ring (bicyclic) bond motifs is 5. The molecule has 5 aliphatic rings. The van der Waals surface area contributed by atoms with E-state index in [0.29, 0.717) is 49.8 Å². The van der Waals surface area contributed by atoms with Gasteiger partial charge in [-0.2, -0.15) is 0 Å². The van der Waals surface area contributed by atoms with Crippen LogP contribution in [0.15, 0.2) is 54.1 Å². The fraction of sp³-hybridized carbons (Fsp3) is 0.484. The summed E-state index contributed by atoms with van der Waals surface area (Å²) in [5.41, 5.74) is 3.59. The van der Waals surface area contributed by atoms with Gasteiger partial charge in [0.05, 0.1) is 51.5 Å². The van der Waals surface area contributed by atoms with Crippen molar-refractivity contribution in [1.29, 1.82) is 0 Å². The van der Waals surface area contributed by atoms with E-state index in [-0.39, 0.29) is 41.8 Å². The van der Waals surface area contributed by atoms with E-state index >= 15 is 0 Å². The summed E-state index contributed by atoms with van der Waals surface area (Å²) in [6.07, 6.45) is 4.17. The quantitative estimate of drug-likeness (QED) is 0.401. The highest BCUT2D eigenvalue weighted by Gasteiger charge is 2.69. The van der Waals surface area contributed by atoms with E-state index in [0.717, 1.165) is 23.2 Å². The lowest BCUT2D eigenvalue weighted by molar-refractivity contribution is -0.145. The van der Waals surface area contributed by atoms with Crippen LogP contribution in [-0.2, 0) is 26.2 Å². The van der Waals surface area contributed by atoms with Crippen LogP contribution in [0.3, 0.4) is 0 Å². The van der Waals surface area contributed by atoms with Crippen LogP contribution >= 0.6 is 11.6 Å². The zero-order valence-electron chi connectivity index (χ0n) is 22.3. The topological polar surface area (TPSA) is 68.3 Å². The molecule has 3 fully saturated rings.